The molecule has 2 heterocycles. The minimum atomic E-state index is -0.162. The van der Waals surface area contributed by atoms with E-state index in [-0.39, 0.29) is 12.5 Å². The first kappa shape index (κ1) is 14.2. The van der Waals surface area contributed by atoms with Crippen molar-refractivity contribution in [1.29, 1.82) is 0 Å². The molecule has 0 bridgehead atoms. The third-order valence-corrected chi connectivity index (χ3v) is 4.33. The summed E-state index contributed by atoms with van der Waals surface area (Å²) in [6, 6.07) is 8.10. The first-order valence-corrected chi connectivity index (χ1v) is 7.89. The molecule has 21 heavy (non-hydrogen) atoms. The Kier molecular flexibility index (Phi) is 3.98. The van der Waals surface area contributed by atoms with Crippen LogP contribution in [0.25, 0.3) is 5.69 Å². The number of benzene rings is 1. The summed E-state index contributed by atoms with van der Waals surface area (Å²) in [5.41, 5.74) is 4.31. The van der Waals surface area contributed by atoms with Gasteiger partial charge in [-0.3, -0.25) is 4.79 Å². The molecular weight excluding hydrogens is 286 g/mol. The van der Waals surface area contributed by atoms with Crippen molar-refractivity contribution in [3.63, 3.8) is 0 Å². The first-order chi connectivity index (χ1) is 10.2. The Morgan fingerprint density at radius 1 is 1.38 bits per heavy atom. The van der Waals surface area contributed by atoms with Crippen molar-refractivity contribution in [2.75, 3.05) is 19.0 Å². The van der Waals surface area contributed by atoms with Crippen LogP contribution in [0.4, 0.5) is 5.82 Å². The lowest BCUT2D eigenvalue weighted by atomic mass is 10.2. The van der Waals surface area contributed by atoms with E-state index in [1.54, 1.807) is 0 Å². The number of hydrogen-bond donors (Lipinski definition) is 1. The van der Waals surface area contributed by atoms with Crippen molar-refractivity contribution in [3.05, 3.63) is 41.1 Å². The first-order valence-electron chi connectivity index (χ1n) is 6.73. The Bertz CT molecular complexity index is 664. The molecule has 3 rings (SSSR count). The molecule has 0 saturated heterocycles. The number of rotatable bonds is 4. The number of hydrogen-bond acceptors (Lipinski definition) is 4. The van der Waals surface area contributed by atoms with E-state index >= 15 is 0 Å². The SMILES string of the molecule is COCC(=O)Nc1c2c(nn1-c1ccc(C)cc1)CSC2. The van der Waals surface area contributed by atoms with E-state index in [0.29, 0.717) is 0 Å². The second-order valence-corrected chi connectivity index (χ2v) is 5.98. The van der Waals surface area contributed by atoms with Gasteiger partial charge >= 0.3 is 0 Å². The predicted octanol–water partition coefficient (Wildman–Crippen LogP) is 2.51. The van der Waals surface area contributed by atoms with E-state index in [0.717, 1.165) is 34.3 Å². The van der Waals surface area contributed by atoms with Crippen molar-refractivity contribution in [1.82, 2.24) is 9.78 Å². The fourth-order valence-electron chi connectivity index (χ4n) is 2.31. The van der Waals surface area contributed by atoms with Crippen LogP contribution < -0.4 is 5.32 Å². The van der Waals surface area contributed by atoms with Crippen LogP contribution in [0.15, 0.2) is 24.3 Å². The number of nitrogens with one attached hydrogen (secondary N) is 1. The van der Waals surface area contributed by atoms with Crippen LogP contribution in [-0.2, 0) is 21.0 Å². The van der Waals surface area contributed by atoms with Crippen LogP contribution in [-0.4, -0.2) is 29.4 Å². The van der Waals surface area contributed by atoms with Gasteiger partial charge in [-0.2, -0.15) is 16.9 Å². The fourth-order valence-corrected chi connectivity index (χ4v) is 3.35. The predicted molar refractivity (Wildman–Crippen MR) is 83.8 cm³/mol. The van der Waals surface area contributed by atoms with E-state index in [2.05, 4.69) is 10.4 Å². The number of aryl methyl sites for hydroxylation is 1. The van der Waals surface area contributed by atoms with Crippen LogP contribution in [0, 0.1) is 6.92 Å². The number of carbonyl (C=O) groups is 1. The van der Waals surface area contributed by atoms with E-state index in [1.165, 1.54) is 12.7 Å². The van der Waals surface area contributed by atoms with E-state index < -0.39 is 0 Å². The molecular formula is C15H17N3O2S. The lowest BCUT2D eigenvalue weighted by Gasteiger charge is -2.11. The van der Waals surface area contributed by atoms with Gasteiger partial charge in [0, 0.05) is 24.2 Å². The van der Waals surface area contributed by atoms with Crippen molar-refractivity contribution < 1.29 is 9.53 Å². The number of fused-ring (bicyclic) bond motifs is 1. The molecule has 0 atom stereocenters. The zero-order valence-corrected chi connectivity index (χ0v) is 12.9. The molecule has 0 unspecified atom stereocenters. The third-order valence-electron chi connectivity index (χ3n) is 3.36. The van der Waals surface area contributed by atoms with Gasteiger partial charge in [0.25, 0.3) is 5.91 Å². The number of thioether (sulfide) groups is 1. The molecule has 1 aliphatic heterocycles. The average Bonchev–Trinajstić information content (AvgIpc) is 3.03. The topological polar surface area (TPSA) is 56.1 Å². The molecule has 0 saturated carbocycles. The molecule has 110 valence electrons. The second kappa shape index (κ2) is 5.91. The number of anilines is 1. The van der Waals surface area contributed by atoms with Gasteiger partial charge in [-0.25, -0.2) is 4.68 Å². The highest BCUT2D eigenvalue weighted by Gasteiger charge is 2.24. The number of ether oxygens (including phenoxy) is 1. The van der Waals surface area contributed by atoms with Gasteiger partial charge in [-0.15, -0.1) is 0 Å². The van der Waals surface area contributed by atoms with Crippen LogP contribution >= 0.6 is 11.8 Å². The summed E-state index contributed by atoms with van der Waals surface area (Å²) in [6.45, 7) is 2.09. The molecule has 1 aromatic heterocycles. The van der Waals surface area contributed by atoms with Crippen LogP contribution in [0.2, 0.25) is 0 Å². The van der Waals surface area contributed by atoms with Gasteiger partial charge in [0.05, 0.1) is 11.4 Å². The minimum absolute atomic E-state index is 0.0427. The summed E-state index contributed by atoms with van der Waals surface area (Å²) in [4.78, 5) is 11.9. The third kappa shape index (κ3) is 2.82. The molecule has 0 fully saturated rings. The summed E-state index contributed by atoms with van der Waals surface area (Å²) in [5, 5.41) is 7.57. The summed E-state index contributed by atoms with van der Waals surface area (Å²) >= 11 is 1.81. The van der Waals surface area contributed by atoms with E-state index in [9.17, 15) is 4.79 Å². The quantitative estimate of drug-likeness (QED) is 0.943. The number of carbonyl (C=O) groups excluding carboxylic acids is 1. The lowest BCUT2D eigenvalue weighted by molar-refractivity contribution is -0.119. The Morgan fingerprint density at radius 3 is 2.86 bits per heavy atom. The molecule has 6 heteroatoms. The largest absolute Gasteiger partial charge is 0.375 e. The van der Waals surface area contributed by atoms with Crippen LogP contribution in [0.5, 0.6) is 0 Å². The van der Waals surface area contributed by atoms with Gasteiger partial charge in [0.1, 0.15) is 12.4 Å². The smallest absolute Gasteiger partial charge is 0.251 e. The van der Waals surface area contributed by atoms with Gasteiger partial charge < -0.3 is 10.1 Å². The maximum atomic E-state index is 11.9. The summed E-state index contributed by atoms with van der Waals surface area (Å²) < 4.78 is 6.70. The molecule has 0 radical (unpaired) electrons. The van der Waals surface area contributed by atoms with Gasteiger partial charge in [-0.05, 0) is 19.1 Å². The molecule has 0 spiro atoms. The zero-order valence-electron chi connectivity index (χ0n) is 12.0. The average molecular weight is 303 g/mol. The summed E-state index contributed by atoms with van der Waals surface area (Å²) in [6.07, 6.45) is 0. The minimum Gasteiger partial charge on any atom is -0.375 e. The molecule has 2 aromatic rings. The Hall–Kier alpha value is -1.79. The zero-order chi connectivity index (χ0) is 14.8. The molecule has 1 aliphatic rings. The van der Waals surface area contributed by atoms with Gasteiger partial charge in [0.15, 0.2) is 0 Å². The Labute approximate surface area is 127 Å². The Morgan fingerprint density at radius 2 is 2.14 bits per heavy atom. The number of nitrogens with zero attached hydrogens (tertiary/aromatic N) is 2. The fraction of sp³-hybridized carbons (Fsp3) is 0.333. The summed E-state index contributed by atoms with van der Waals surface area (Å²) in [5.74, 6) is 2.37. The number of aromatic nitrogens is 2. The summed E-state index contributed by atoms with van der Waals surface area (Å²) in [7, 11) is 1.51. The highest BCUT2D eigenvalue weighted by atomic mass is 32.2. The maximum absolute atomic E-state index is 11.9. The normalized spacial score (nSPS) is 13.2. The van der Waals surface area contributed by atoms with Crippen molar-refractivity contribution >= 4 is 23.5 Å². The molecule has 5 nitrogen and oxygen atoms in total. The van der Waals surface area contributed by atoms with Gasteiger partial charge in [0.2, 0.25) is 0 Å². The molecule has 1 aromatic carbocycles. The van der Waals surface area contributed by atoms with Gasteiger partial charge in [-0.1, -0.05) is 17.7 Å². The lowest BCUT2D eigenvalue weighted by Crippen LogP contribution is -2.20. The van der Waals surface area contributed by atoms with E-state index in [4.69, 9.17) is 4.74 Å². The monoisotopic (exact) mass is 303 g/mol. The maximum Gasteiger partial charge on any atom is 0.251 e. The molecule has 0 aliphatic carbocycles. The highest BCUT2D eigenvalue weighted by Crippen LogP contribution is 2.36. The van der Waals surface area contributed by atoms with Crippen molar-refractivity contribution in [3.8, 4) is 5.69 Å². The van der Waals surface area contributed by atoms with Crippen molar-refractivity contribution in [2.24, 2.45) is 0 Å². The number of amides is 1. The number of methoxy groups -OCH3 is 1. The highest BCUT2D eigenvalue weighted by molar-refractivity contribution is 7.98. The molecule has 1 N–H and O–H groups in total. The molecule has 1 amide bonds. The Balaban J connectivity index is 2.00. The van der Waals surface area contributed by atoms with Crippen LogP contribution in [0.3, 0.4) is 0 Å². The second-order valence-electron chi connectivity index (χ2n) is 5.00. The van der Waals surface area contributed by atoms with E-state index in [1.807, 2.05) is 47.6 Å². The van der Waals surface area contributed by atoms with Crippen LogP contribution in [0.1, 0.15) is 16.8 Å². The standard InChI is InChI=1S/C15H17N3O2S/c1-10-3-5-11(6-4-10)18-15(16-14(19)7-20-2)12-8-21-9-13(12)17-18/h3-6H,7-9H2,1-2H3,(H,16,19). The van der Waals surface area contributed by atoms with Crippen molar-refractivity contribution in [2.45, 2.75) is 18.4 Å².